The van der Waals surface area contributed by atoms with Crippen molar-refractivity contribution in [2.75, 3.05) is 5.32 Å². The molecule has 3 aromatic rings. The van der Waals surface area contributed by atoms with E-state index in [0.717, 1.165) is 16.7 Å². The van der Waals surface area contributed by atoms with Gasteiger partial charge in [-0.05, 0) is 37.1 Å². The lowest BCUT2D eigenvalue weighted by Gasteiger charge is -2.34. The normalized spacial score (nSPS) is 19.5. The van der Waals surface area contributed by atoms with Crippen molar-refractivity contribution in [2.24, 2.45) is 5.92 Å². The number of nitrogens with zero attached hydrogens (tertiary/aromatic N) is 2. The lowest BCUT2D eigenvalue weighted by Crippen LogP contribution is -2.41. The Morgan fingerprint density at radius 1 is 1.00 bits per heavy atom. The number of para-hydroxylation sites is 1. The van der Waals surface area contributed by atoms with E-state index in [1.807, 2.05) is 42.5 Å². The van der Waals surface area contributed by atoms with E-state index in [0.29, 0.717) is 18.7 Å². The molecule has 2 heterocycles. The summed E-state index contributed by atoms with van der Waals surface area (Å²) in [6, 6.07) is 15.3. The maximum Gasteiger partial charge on any atom is 0.228 e. The van der Waals surface area contributed by atoms with Crippen LogP contribution in [0.15, 0.2) is 60.9 Å². The second kappa shape index (κ2) is 6.28. The summed E-state index contributed by atoms with van der Waals surface area (Å²) in [5.41, 5.74) is 0.862. The fourth-order valence-electron chi connectivity index (χ4n) is 2.89. The number of aromatic nitrogens is 2. The van der Waals surface area contributed by atoms with Crippen LogP contribution in [0, 0.1) is 5.92 Å². The fourth-order valence-corrected chi connectivity index (χ4v) is 2.89. The molecule has 1 saturated carbocycles. The zero-order valence-electron chi connectivity index (χ0n) is 13.1. The number of fused-ring (bicyclic) bond motifs is 1. The van der Waals surface area contributed by atoms with Crippen molar-refractivity contribution in [2.45, 2.75) is 18.9 Å². The molecule has 1 N–H and O–H groups in total. The van der Waals surface area contributed by atoms with Crippen LogP contribution in [-0.4, -0.2) is 22.0 Å². The minimum absolute atomic E-state index is 0.00425. The van der Waals surface area contributed by atoms with E-state index in [-0.39, 0.29) is 17.9 Å². The molecule has 4 rings (SSSR count). The average molecular weight is 319 g/mol. The molecule has 24 heavy (non-hydrogen) atoms. The minimum atomic E-state index is -0.0278. The Balaban J connectivity index is 1.37. The van der Waals surface area contributed by atoms with E-state index in [9.17, 15) is 4.79 Å². The molecule has 120 valence electrons. The summed E-state index contributed by atoms with van der Waals surface area (Å²) < 4.78 is 6.04. The number of pyridine rings is 2. The molecule has 1 aliphatic carbocycles. The highest BCUT2D eigenvalue weighted by Crippen LogP contribution is 2.34. The molecule has 0 unspecified atom stereocenters. The Hall–Kier alpha value is -2.95. The van der Waals surface area contributed by atoms with Gasteiger partial charge in [-0.2, -0.15) is 0 Å². The SMILES string of the molecule is O=C(Nc1ccccn1)C1CC(Oc2cccc3cccnc23)C1. The molecular formula is C19H17N3O2. The van der Waals surface area contributed by atoms with Crippen molar-refractivity contribution < 1.29 is 9.53 Å². The second-order valence-electron chi connectivity index (χ2n) is 5.94. The van der Waals surface area contributed by atoms with Crippen molar-refractivity contribution in [1.29, 1.82) is 0 Å². The third-order valence-electron chi connectivity index (χ3n) is 4.27. The molecule has 1 fully saturated rings. The van der Waals surface area contributed by atoms with Crippen LogP contribution in [0.3, 0.4) is 0 Å². The van der Waals surface area contributed by atoms with Gasteiger partial charge in [0.15, 0.2) is 0 Å². The van der Waals surface area contributed by atoms with Gasteiger partial charge in [-0.15, -0.1) is 0 Å². The highest BCUT2D eigenvalue weighted by Gasteiger charge is 2.36. The molecule has 0 atom stereocenters. The van der Waals surface area contributed by atoms with Crippen LogP contribution in [0.5, 0.6) is 5.75 Å². The first-order valence-electron chi connectivity index (χ1n) is 8.02. The summed E-state index contributed by atoms with van der Waals surface area (Å²) >= 11 is 0. The van der Waals surface area contributed by atoms with Crippen LogP contribution in [-0.2, 0) is 4.79 Å². The average Bonchev–Trinajstić information content (AvgIpc) is 2.58. The molecule has 1 aliphatic rings. The van der Waals surface area contributed by atoms with Gasteiger partial charge in [0.25, 0.3) is 0 Å². The summed E-state index contributed by atoms with van der Waals surface area (Å²) in [7, 11) is 0. The number of nitrogens with one attached hydrogen (secondary N) is 1. The van der Waals surface area contributed by atoms with Gasteiger partial charge in [0, 0.05) is 23.7 Å². The van der Waals surface area contributed by atoms with Crippen LogP contribution >= 0.6 is 0 Å². The Kier molecular flexibility index (Phi) is 3.83. The third kappa shape index (κ3) is 2.93. The fraction of sp³-hybridized carbons (Fsp3) is 0.211. The first kappa shape index (κ1) is 14.6. The molecular weight excluding hydrogens is 302 g/mol. The zero-order valence-corrected chi connectivity index (χ0v) is 13.1. The van der Waals surface area contributed by atoms with Crippen LogP contribution in [0.4, 0.5) is 5.82 Å². The first-order valence-corrected chi connectivity index (χ1v) is 8.02. The summed E-state index contributed by atoms with van der Waals surface area (Å²) in [5.74, 6) is 1.34. The van der Waals surface area contributed by atoms with E-state index >= 15 is 0 Å². The van der Waals surface area contributed by atoms with Crippen LogP contribution in [0.1, 0.15) is 12.8 Å². The van der Waals surface area contributed by atoms with Gasteiger partial charge >= 0.3 is 0 Å². The molecule has 5 nitrogen and oxygen atoms in total. The van der Waals surface area contributed by atoms with Crippen molar-refractivity contribution in [3.05, 3.63) is 60.9 Å². The lowest BCUT2D eigenvalue weighted by atomic mass is 9.81. The molecule has 0 aliphatic heterocycles. The van der Waals surface area contributed by atoms with Crippen LogP contribution in [0.2, 0.25) is 0 Å². The van der Waals surface area contributed by atoms with Crippen molar-refractivity contribution >= 4 is 22.6 Å². The Morgan fingerprint density at radius 2 is 1.83 bits per heavy atom. The summed E-state index contributed by atoms with van der Waals surface area (Å²) in [4.78, 5) is 20.7. The van der Waals surface area contributed by atoms with Crippen molar-refractivity contribution in [1.82, 2.24) is 9.97 Å². The van der Waals surface area contributed by atoms with E-state index < -0.39 is 0 Å². The minimum Gasteiger partial charge on any atom is -0.488 e. The molecule has 0 bridgehead atoms. The molecule has 0 spiro atoms. The van der Waals surface area contributed by atoms with Gasteiger partial charge in [0.1, 0.15) is 23.2 Å². The monoisotopic (exact) mass is 319 g/mol. The van der Waals surface area contributed by atoms with Gasteiger partial charge in [0.2, 0.25) is 5.91 Å². The summed E-state index contributed by atoms with van der Waals surface area (Å²) in [6.45, 7) is 0. The number of carbonyl (C=O) groups excluding carboxylic acids is 1. The molecule has 1 amide bonds. The molecule has 1 aromatic carbocycles. The number of rotatable bonds is 4. The highest BCUT2D eigenvalue weighted by atomic mass is 16.5. The van der Waals surface area contributed by atoms with E-state index in [1.54, 1.807) is 18.5 Å². The van der Waals surface area contributed by atoms with Gasteiger partial charge in [-0.25, -0.2) is 4.98 Å². The molecule has 0 saturated heterocycles. The lowest BCUT2D eigenvalue weighted by molar-refractivity contribution is -0.125. The topological polar surface area (TPSA) is 64.1 Å². The van der Waals surface area contributed by atoms with E-state index in [2.05, 4.69) is 15.3 Å². The van der Waals surface area contributed by atoms with Crippen molar-refractivity contribution in [3.8, 4) is 5.75 Å². The smallest absolute Gasteiger partial charge is 0.228 e. The first-order chi connectivity index (χ1) is 11.8. The predicted octanol–water partition coefficient (Wildman–Crippen LogP) is 3.43. The van der Waals surface area contributed by atoms with Gasteiger partial charge in [-0.3, -0.25) is 9.78 Å². The number of anilines is 1. The second-order valence-corrected chi connectivity index (χ2v) is 5.94. The number of hydrogen-bond donors (Lipinski definition) is 1. The van der Waals surface area contributed by atoms with Crippen molar-refractivity contribution in [3.63, 3.8) is 0 Å². The number of carbonyl (C=O) groups is 1. The Bertz CT molecular complexity index is 855. The molecule has 5 heteroatoms. The van der Waals surface area contributed by atoms with E-state index in [1.165, 1.54) is 0 Å². The number of benzene rings is 1. The van der Waals surface area contributed by atoms with Crippen LogP contribution in [0.25, 0.3) is 10.9 Å². The quantitative estimate of drug-likeness (QED) is 0.800. The molecule has 0 radical (unpaired) electrons. The van der Waals surface area contributed by atoms with Gasteiger partial charge < -0.3 is 10.1 Å². The maximum absolute atomic E-state index is 12.2. The van der Waals surface area contributed by atoms with Gasteiger partial charge in [0.05, 0.1) is 0 Å². The predicted molar refractivity (Wildman–Crippen MR) is 91.7 cm³/mol. The highest BCUT2D eigenvalue weighted by molar-refractivity contribution is 5.92. The number of hydrogen-bond acceptors (Lipinski definition) is 4. The number of amides is 1. The van der Waals surface area contributed by atoms with E-state index in [4.69, 9.17) is 4.74 Å². The third-order valence-corrected chi connectivity index (χ3v) is 4.27. The van der Waals surface area contributed by atoms with Gasteiger partial charge in [-0.1, -0.05) is 24.3 Å². The maximum atomic E-state index is 12.2. The zero-order chi connectivity index (χ0) is 16.4. The Morgan fingerprint density at radius 3 is 2.67 bits per heavy atom. The Labute approximate surface area is 139 Å². The standard InChI is InChI=1S/C19H17N3O2/c23-19(22-17-8-1-2-9-20-17)14-11-15(12-14)24-16-7-3-5-13-6-4-10-21-18(13)16/h1-10,14-15H,11-12H2,(H,20,22,23). The largest absolute Gasteiger partial charge is 0.488 e. The summed E-state index contributed by atoms with van der Waals surface area (Å²) in [6.07, 6.45) is 4.90. The van der Waals surface area contributed by atoms with Crippen LogP contribution < -0.4 is 10.1 Å². The summed E-state index contributed by atoms with van der Waals surface area (Å²) in [5, 5.41) is 3.89. The molecule has 2 aromatic heterocycles. The number of ether oxygens (including phenoxy) is 1.